The van der Waals surface area contributed by atoms with E-state index in [0.717, 1.165) is 5.56 Å². The van der Waals surface area contributed by atoms with Crippen molar-refractivity contribution in [3.8, 4) is 0 Å². The topological polar surface area (TPSA) is 26.0 Å². The largest absolute Gasteiger partial charge is 0.327 e. The van der Waals surface area contributed by atoms with Crippen molar-refractivity contribution in [2.75, 3.05) is 0 Å². The number of hydrogen-bond acceptors (Lipinski definition) is 1. The van der Waals surface area contributed by atoms with Crippen LogP contribution in [0.2, 0.25) is 0 Å². The van der Waals surface area contributed by atoms with Crippen molar-refractivity contribution in [1.29, 1.82) is 0 Å². The average Bonchev–Trinajstić information content (AvgIpc) is 2.16. The minimum Gasteiger partial charge on any atom is -0.327 e. The first-order valence-corrected chi connectivity index (χ1v) is 6.02. The third-order valence-electron chi connectivity index (χ3n) is 3.42. The van der Waals surface area contributed by atoms with Gasteiger partial charge in [0.1, 0.15) is 5.67 Å². The van der Waals surface area contributed by atoms with Gasteiger partial charge in [-0.05, 0) is 29.9 Å². The van der Waals surface area contributed by atoms with Crippen molar-refractivity contribution >= 4 is 0 Å². The Balaban J connectivity index is 2.00. The van der Waals surface area contributed by atoms with Crippen LogP contribution in [-0.4, -0.2) is 11.7 Å². The molecule has 0 atom stereocenters. The predicted octanol–water partition coefficient (Wildman–Crippen LogP) is 3.18. The number of hydrogen-bond donors (Lipinski definition) is 1. The average molecular weight is 221 g/mol. The van der Waals surface area contributed by atoms with E-state index in [2.05, 4.69) is 26.0 Å². The van der Waals surface area contributed by atoms with Gasteiger partial charge in [-0.25, -0.2) is 4.39 Å². The molecule has 1 saturated carbocycles. The van der Waals surface area contributed by atoms with E-state index < -0.39 is 5.67 Å². The quantitative estimate of drug-likeness (QED) is 0.833. The molecule has 1 nitrogen and oxygen atoms in total. The zero-order valence-electron chi connectivity index (χ0n) is 10.0. The van der Waals surface area contributed by atoms with Crippen LogP contribution in [0.1, 0.15) is 43.7 Å². The van der Waals surface area contributed by atoms with Crippen LogP contribution in [0.5, 0.6) is 0 Å². The molecule has 0 spiro atoms. The first-order chi connectivity index (χ1) is 7.48. The number of alkyl halides is 1. The molecule has 16 heavy (non-hydrogen) atoms. The fraction of sp³-hybridized carbons (Fsp3) is 0.571. The molecule has 2 rings (SSSR count). The van der Waals surface area contributed by atoms with Crippen molar-refractivity contribution in [3.63, 3.8) is 0 Å². The molecule has 0 saturated heterocycles. The lowest BCUT2D eigenvalue weighted by Gasteiger charge is -2.39. The first kappa shape index (κ1) is 11.6. The van der Waals surface area contributed by atoms with Gasteiger partial charge in [-0.15, -0.1) is 0 Å². The van der Waals surface area contributed by atoms with Crippen molar-refractivity contribution in [2.24, 2.45) is 5.73 Å². The molecule has 2 heteroatoms. The molecular formula is C14H20FN. The molecule has 1 aromatic carbocycles. The molecule has 0 radical (unpaired) electrons. The fourth-order valence-electron chi connectivity index (χ4n) is 2.41. The van der Waals surface area contributed by atoms with Crippen LogP contribution in [0.25, 0.3) is 0 Å². The molecule has 0 unspecified atom stereocenters. The van der Waals surface area contributed by atoms with Crippen molar-refractivity contribution in [3.05, 3.63) is 35.4 Å². The Bertz CT molecular complexity index is 350. The van der Waals surface area contributed by atoms with E-state index in [-0.39, 0.29) is 6.04 Å². The van der Waals surface area contributed by atoms with Crippen LogP contribution in [0.3, 0.4) is 0 Å². The molecule has 0 amide bonds. The van der Waals surface area contributed by atoms with Gasteiger partial charge in [0.15, 0.2) is 0 Å². The summed E-state index contributed by atoms with van der Waals surface area (Å²) in [5, 5.41) is 0. The van der Waals surface area contributed by atoms with E-state index in [9.17, 15) is 4.39 Å². The predicted molar refractivity (Wildman–Crippen MR) is 65.3 cm³/mol. The maximum atomic E-state index is 14.0. The fourth-order valence-corrected chi connectivity index (χ4v) is 2.41. The molecular weight excluding hydrogens is 201 g/mol. The highest BCUT2D eigenvalue weighted by Crippen LogP contribution is 2.38. The van der Waals surface area contributed by atoms with E-state index in [0.29, 0.717) is 25.2 Å². The van der Waals surface area contributed by atoms with Gasteiger partial charge >= 0.3 is 0 Å². The molecule has 0 aliphatic heterocycles. The molecule has 1 aliphatic carbocycles. The molecule has 1 aliphatic rings. The lowest BCUT2D eigenvalue weighted by Crippen LogP contribution is -2.49. The molecule has 0 aromatic heterocycles. The number of nitrogens with two attached hydrogens (primary N) is 1. The second-order valence-corrected chi connectivity index (χ2v) is 5.39. The monoisotopic (exact) mass is 221 g/mol. The van der Waals surface area contributed by atoms with E-state index in [4.69, 9.17) is 5.73 Å². The van der Waals surface area contributed by atoms with Crippen LogP contribution in [0.4, 0.5) is 4.39 Å². The molecule has 1 fully saturated rings. The van der Waals surface area contributed by atoms with Crippen LogP contribution >= 0.6 is 0 Å². The minimum atomic E-state index is -1.04. The van der Waals surface area contributed by atoms with Gasteiger partial charge in [0.25, 0.3) is 0 Å². The van der Waals surface area contributed by atoms with Gasteiger partial charge in [-0.1, -0.05) is 38.1 Å². The van der Waals surface area contributed by atoms with Gasteiger partial charge in [-0.3, -0.25) is 0 Å². The van der Waals surface area contributed by atoms with Gasteiger partial charge in [0.2, 0.25) is 0 Å². The van der Waals surface area contributed by atoms with E-state index in [1.807, 2.05) is 12.1 Å². The third-order valence-corrected chi connectivity index (χ3v) is 3.42. The van der Waals surface area contributed by atoms with Crippen LogP contribution in [0, 0.1) is 0 Å². The lowest BCUT2D eigenvalue weighted by molar-refractivity contribution is 0.0444. The summed E-state index contributed by atoms with van der Waals surface area (Å²) in [5.41, 5.74) is 6.98. The zero-order chi connectivity index (χ0) is 11.8. The lowest BCUT2D eigenvalue weighted by atomic mass is 9.74. The molecule has 2 N–H and O–H groups in total. The molecule has 88 valence electrons. The molecule has 0 bridgehead atoms. The summed E-state index contributed by atoms with van der Waals surface area (Å²) in [7, 11) is 0. The Labute approximate surface area is 96.9 Å². The highest BCUT2D eigenvalue weighted by molar-refractivity contribution is 5.26. The second-order valence-electron chi connectivity index (χ2n) is 5.39. The Morgan fingerprint density at radius 1 is 1.31 bits per heavy atom. The summed E-state index contributed by atoms with van der Waals surface area (Å²) in [6, 6.07) is 8.35. The number of halogens is 1. The van der Waals surface area contributed by atoms with E-state index >= 15 is 0 Å². The van der Waals surface area contributed by atoms with E-state index in [1.165, 1.54) is 5.56 Å². The van der Waals surface area contributed by atoms with Gasteiger partial charge in [-0.2, -0.15) is 0 Å². The summed E-state index contributed by atoms with van der Waals surface area (Å²) in [6.07, 6.45) is 1.54. The number of benzene rings is 1. The SMILES string of the molecule is CC(C)c1ccc(CC2(F)CC(N)C2)cc1. The normalized spacial score (nSPS) is 29.2. The Morgan fingerprint density at radius 3 is 2.31 bits per heavy atom. The third kappa shape index (κ3) is 2.43. The van der Waals surface area contributed by atoms with Crippen LogP contribution < -0.4 is 5.73 Å². The number of rotatable bonds is 3. The summed E-state index contributed by atoms with van der Waals surface area (Å²) in [4.78, 5) is 0. The smallest absolute Gasteiger partial charge is 0.118 e. The Hall–Kier alpha value is -0.890. The standard InChI is InChI=1S/C14H20FN/c1-10(2)12-5-3-11(4-6-12)7-14(15)8-13(16)9-14/h3-6,10,13H,7-9,16H2,1-2H3. The Kier molecular flexibility index (Phi) is 3.02. The molecule has 1 aromatic rings. The second kappa shape index (κ2) is 4.17. The summed E-state index contributed by atoms with van der Waals surface area (Å²) >= 11 is 0. The minimum absolute atomic E-state index is 0.0694. The van der Waals surface area contributed by atoms with Gasteiger partial charge in [0, 0.05) is 12.5 Å². The first-order valence-electron chi connectivity index (χ1n) is 6.02. The maximum Gasteiger partial charge on any atom is 0.118 e. The Morgan fingerprint density at radius 2 is 1.88 bits per heavy atom. The van der Waals surface area contributed by atoms with Crippen LogP contribution in [0.15, 0.2) is 24.3 Å². The van der Waals surface area contributed by atoms with Crippen molar-refractivity contribution < 1.29 is 4.39 Å². The molecule has 0 heterocycles. The summed E-state index contributed by atoms with van der Waals surface area (Å²) < 4.78 is 14.0. The highest BCUT2D eigenvalue weighted by Gasteiger charge is 2.42. The van der Waals surface area contributed by atoms with E-state index in [1.54, 1.807) is 0 Å². The maximum absolute atomic E-state index is 14.0. The summed E-state index contributed by atoms with van der Waals surface area (Å²) in [6.45, 7) is 4.33. The zero-order valence-corrected chi connectivity index (χ0v) is 10.0. The van der Waals surface area contributed by atoms with Crippen molar-refractivity contribution in [2.45, 2.75) is 50.7 Å². The summed E-state index contributed by atoms with van der Waals surface area (Å²) in [5.74, 6) is 0.533. The van der Waals surface area contributed by atoms with Gasteiger partial charge in [0.05, 0.1) is 0 Å². The van der Waals surface area contributed by atoms with Crippen LogP contribution in [-0.2, 0) is 6.42 Å². The highest BCUT2D eigenvalue weighted by atomic mass is 19.1. The van der Waals surface area contributed by atoms with Crippen molar-refractivity contribution in [1.82, 2.24) is 0 Å². The van der Waals surface area contributed by atoms with Gasteiger partial charge < -0.3 is 5.73 Å².